The molecule has 0 aliphatic carbocycles. The summed E-state index contributed by atoms with van der Waals surface area (Å²) in [6, 6.07) is 3.64. The molecule has 0 aliphatic rings. The smallest absolute Gasteiger partial charge is 0.251 e. The molecular formula is C12H17N3O. The van der Waals surface area contributed by atoms with Crippen LogP contribution in [0.5, 0.6) is 5.88 Å². The van der Waals surface area contributed by atoms with Crippen LogP contribution in [-0.4, -0.2) is 16.8 Å². The zero-order valence-electron chi connectivity index (χ0n) is 9.65. The van der Waals surface area contributed by atoms with Gasteiger partial charge in [0.2, 0.25) is 0 Å². The van der Waals surface area contributed by atoms with Crippen molar-refractivity contribution in [3.63, 3.8) is 0 Å². The first-order valence-corrected chi connectivity index (χ1v) is 5.73. The maximum atomic E-state index is 8.79. The van der Waals surface area contributed by atoms with E-state index >= 15 is 0 Å². The first-order valence-electron chi connectivity index (χ1n) is 5.73. The van der Waals surface area contributed by atoms with Gasteiger partial charge in [0.25, 0.3) is 5.88 Å². The van der Waals surface area contributed by atoms with E-state index in [2.05, 4.69) is 17.1 Å². The van der Waals surface area contributed by atoms with E-state index in [0.29, 0.717) is 18.1 Å². The second-order valence-electron chi connectivity index (χ2n) is 3.62. The predicted octanol–water partition coefficient (Wildman–Crippen LogP) is 2.70. The van der Waals surface area contributed by atoms with Crippen molar-refractivity contribution in [2.75, 3.05) is 6.61 Å². The van der Waals surface area contributed by atoms with E-state index in [0.717, 1.165) is 12.8 Å². The molecule has 0 saturated carbocycles. The highest BCUT2D eigenvalue weighted by Gasteiger charge is 2.03. The molecule has 1 heterocycles. The van der Waals surface area contributed by atoms with Gasteiger partial charge in [-0.25, -0.2) is 0 Å². The topological polar surface area (TPSA) is 58.8 Å². The van der Waals surface area contributed by atoms with Crippen molar-refractivity contribution < 1.29 is 4.74 Å². The Morgan fingerprint density at radius 2 is 2.12 bits per heavy atom. The molecule has 4 nitrogen and oxygen atoms in total. The number of rotatable bonds is 7. The summed E-state index contributed by atoms with van der Waals surface area (Å²) in [5.74, 6) is 0.348. The summed E-state index contributed by atoms with van der Waals surface area (Å²) in [7, 11) is 0. The largest absolute Gasteiger partial charge is 0.476 e. The van der Waals surface area contributed by atoms with Crippen LogP contribution in [-0.2, 0) is 0 Å². The molecule has 0 aromatic carbocycles. The number of aromatic nitrogens is 2. The molecule has 4 heteroatoms. The number of unbranched alkanes of at least 4 members (excludes halogenated alkanes) is 4. The fraction of sp³-hybridized carbons (Fsp3) is 0.583. The van der Waals surface area contributed by atoms with Crippen LogP contribution >= 0.6 is 0 Å². The molecule has 0 saturated heterocycles. The molecule has 1 rings (SSSR count). The normalized spacial score (nSPS) is 9.75. The molecule has 0 amide bonds. The van der Waals surface area contributed by atoms with Crippen molar-refractivity contribution in [2.24, 2.45) is 0 Å². The summed E-state index contributed by atoms with van der Waals surface area (Å²) in [6.07, 6.45) is 7.41. The van der Waals surface area contributed by atoms with Crippen LogP contribution in [0.3, 0.4) is 0 Å². The Hall–Kier alpha value is -1.63. The van der Waals surface area contributed by atoms with Gasteiger partial charge in [-0.2, -0.15) is 10.4 Å². The highest BCUT2D eigenvalue weighted by Crippen LogP contribution is 2.12. The van der Waals surface area contributed by atoms with Gasteiger partial charge in [-0.05, 0) is 12.5 Å². The van der Waals surface area contributed by atoms with Crippen LogP contribution in [0, 0.1) is 11.3 Å². The lowest BCUT2D eigenvalue weighted by Crippen LogP contribution is -2.01. The lowest BCUT2D eigenvalue weighted by Gasteiger charge is -2.04. The Labute approximate surface area is 96.3 Å². The van der Waals surface area contributed by atoms with Gasteiger partial charge in [0.05, 0.1) is 12.8 Å². The van der Waals surface area contributed by atoms with Crippen LogP contribution in [0.1, 0.15) is 44.6 Å². The molecule has 16 heavy (non-hydrogen) atoms. The van der Waals surface area contributed by atoms with Crippen molar-refractivity contribution in [3.8, 4) is 11.9 Å². The van der Waals surface area contributed by atoms with E-state index in [1.165, 1.54) is 25.5 Å². The van der Waals surface area contributed by atoms with Gasteiger partial charge in [-0.3, -0.25) is 0 Å². The lowest BCUT2D eigenvalue weighted by molar-refractivity contribution is 0.289. The van der Waals surface area contributed by atoms with Crippen molar-refractivity contribution in [2.45, 2.75) is 39.0 Å². The van der Waals surface area contributed by atoms with E-state index in [1.807, 2.05) is 6.07 Å². The van der Waals surface area contributed by atoms with Gasteiger partial charge in [-0.15, -0.1) is 5.10 Å². The van der Waals surface area contributed by atoms with E-state index in [4.69, 9.17) is 10.00 Å². The second kappa shape index (κ2) is 7.63. The molecule has 0 spiro atoms. The summed E-state index contributed by atoms with van der Waals surface area (Å²) < 4.78 is 5.41. The average molecular weight is 219 g/mol. The molecule has 0 radical (unpaired) electrons. The third-order valence-corrected chi connectivity index (χ3v) is 2.29. The summed E-state index contributed by atoms with van der Waals surface area (Å²) in [5.41, 5.74) is 0.448. The third kappa shape index (κ3) is 4.26. The van der Waals surface area contributed by atoms with E-state index in [-0.39, 0.29) is 0 Å². The summed E-state index contributed by atoms with van der Waals surface area (Å²) in [4.78, 5) is 0. The maximum absolute atomic E-state index is 8.79. The van der Waals surface area contributed by atoms with E-state index in [9.17, 15) is 0 Å². The molecular weight excluding hydrogens is 202 g/mol. The predicted molar refractivity (Wildman–Crippen MR) is 61.0 cm³/mol. The number of nitrogens with zero attached hydrogens (tertiary/aromatic N) is 3. The zero-order chi connectivity index (χ0) is 11.6. The SMILES string of the molecule is CCCCCCCOc1nnccc1C#N. The Kier molecular flexibility index (Phi) is 5.94. The monoisotopic (exact) mass is 219 g/mol. The van der Waals surface area contributed by atoms with Gasteiger partial charge < -0.3 is 4.74 Å². The van der Waals surface area contributed by atoms with Gasteiger partial charge >= 0.3 is 0 Å². The van der Waals surface area contributed by atoms with Crippen LogP contribution < -0.4 is 4.74 Å². The Morgan fingerprint density at radius 3 is 2.88 bits per heavy atom. The van der Waals surface area contributed by atoms with Crippen molar-refractivity contribution in [3.05, 3.63) is 17.8 Å². The van der Waals surface area contributed by atoms with Crippen LogP contribution in [0.25, 0.3) is 0 Å². The van der Waals surface area contributed by atoms with Crippen molar-refractivity contribution in [1.82, 2.24) is 10.2 Å². The van der Waals surface area contributed by atoms with Crippen LogP contribution in [0.2, 0.25) is 0 Å². The van der Waals surface area contributed by atoms with Gasteiger partial charge in [0.1, 0.15) is 11.6 Å². The summed E-state index contributed by atoms with van der Waals surface area (Å²) in [5, 5.41) is 16.3. The molecule has 86 valence electrons. The average Bonchev–Trinajstić information content (AvgIpc) is 2.34. The fourth-order valence-corrected chi connectivity index (χ4v) is 1.38. The minimum Gasteiger partial charge on any atom is -0.476 e. The van der Waals surface area contributed by atoms with E-state index in [1.54, 1.807) is 6.07 Å². The fourth-order valence-electron chi connectivity index (χ4n) is 1.38. The summed E-state index contributed by atoms with van der Waals surface area (Å²) in [6.45, 7) is 2.80. The van der Waals surface area contributed by atoms with Gasteiger partial charge in [0, 0.05) is 0 Å². The summed E-state index contributed by atoms with van der Waals surface area (Å²) >= 11 is 0. The maximum Gasteiger partial charge on any atom is 0.251 e. The molecule has 1 aromatic heterocycles. The zero-order valence-corrected chi connectivity index (χ0v) is 9.65. The molecule has 0 unspecified atom stereocenters. The Balaban J connectivity index is 2.24. The van der Waals surface area contributed by atoms with Crippen LogP contribution in [0.15, 0.2) is 12.3 Å². The van der Waals surface area contributed by atoms with Gasteiger partial charge in [-0.1, -0.05) is 32.6 Å². The van der Waals surface area contributed by atoms with Crippen molar-refractivity contribution in [1.29, 1.82) is 5.26 Å². The van der Waals surface area contributed by atoms with E-state index < -0.39 is 0 Å². The highest BCUT2D eigenvalue weighted by atomic mass is 16.5. The molecule has 1 aromatic rings. The minimum atomic E-state index is 0.348. The molecule has 0 fully saturated rings. The lowest BCUT2D eigenvalue weighted by atomic mass is 10.2. The number of hydrogen-bond donors (Lipinski definition) is 0. The third-order valence-electron chi connectivity index (χ3n) is 2.29. The Morgan fingerprint density at radius 1 is 1.31 bits per heavy atom. The van der Waals surface area contributed by atoms with Crippen LogP contribution in [0.4, 0.5) is 0 Å². The molecule has 0 bridgehead atoms. The molecule has 0 aliphatic heterocycles. The van der Waals surface area contributed by atoms with Crippen molar-refractivity contribution >= 4 is 0 Å². The standard InChI is InChI=1S/C12H17N3O/c1-2-3-4-5-6-9-16-12-11(10-13)7-8-14-15-12/h7-8H,2-6,9H2,1H3. The molecule has 0 N–H and O–H groups in total. The number of ether oxygens (including phenoxy) is 1. The number of nitriles is 1. The highest BCUT2D eigenvalue weighted by molar-refractivity contribution is 5.35. The first kappa shape index (κ1) is 12.4. The second-order valence-corrected chi connectivity index (χ2v) is 3.62. The minimum absolute atomic E-state index is 0.348. The molecule has 0 atom stereocenters. The first-order chi connectivity index (χ1) is 7.88. The van der Waals surface area contributed by atoms with Gasteiger partial charge in [0.15, 0.2) is 0 Å². The quantitative estimate of drug-likeness (QED) is 0.661. The number of hydrogen-bond acceptors (Lipinski definition) is 4. The Bertz CT molecular complexity index is 346.